The molecule has 0 bridgehead atoms. The quantitative estimate of drug-likeness (QED) is 0.219. The monoisotopic (exact) mass is 465 g/mol. The fourth-order valence-electron chi connectivity index (χ4n) is 4.41. The molecule has 2 aliphatic rings. The predicted octanol–water partition coefficient (Wildman–Crippen LogP) is 5.45. The lowest BCUT2D eigenvalue weighted by Gasteiger charge is -2.40. The number of allylic oxidation sites excluding steroid dienone is 4. The first-order valence-corrected chi connectivity index (χ1v) is 12.3. The smallest absolute Gasteiger partial charge is 0.314 e. The standard InChI is InChI=1S/C28H39N3O3/c1-6-20-8-9-21(10-11-23(20)25(29)30)24-17-31-22(16-19(24)2)12-15-33-18-28(13-7-14-28)26(32)34-27(3,4)5/h9-11,16-17H,6-8,12-15,18H2,1-5H3,(H3,29,30). The zero-order valence-electron chi connectivity index (χ0n) is 21.3. The molecule has 1 fully saturated rings. The van der Waals surface area contributed by atoms with Gasteiger partial charge in [0.15, 0.2) is 0 Å². The first-order valence-electron chi connectivity index (χ1n) is 12.3. The molecule has 1 aromatic rings. The van der Waals surface area contributed by atoms with Crippen molar-refractivity contribution in [3.63, 3.8) is 0 Å². The maximum Gasteiger partial charge on any atom is 0.314 e. The SMILES string of the molecule is CCC1=C(C(=N)N)C=CC(c2cnc(CCOCC3(C(=O)OC(C)(C)C)CCC3)cc2C)=CC1. The lowest BCUT2D eigenvalue weighted by atomic mass is 9.69. The summed E-state index contributed by atoms with van der Waals surface area (Å²) >= 11 is 0. The molecule has 0 atom stereocenters. The fourth-order valence-corrected chi connectivity index (χ4v) is 4.41. The number of rotatable bonds is 9. The predicted molar refractivity (Wildman–Crippen MR) is 137 cm³/mol. The maximum atomic E-state index is 12.6. The van der Waals surface area contributed by atoms with Crippen LogP contribution in [-0.4, -0.2) is 35.6 Å². The third-order valence-corrected chi connectivity index (χ3v) is 6.60. The number of nitrogens with two attached hydrogens (primary N) is 1. The van der Waals surface area contributed by atoms with Crippen LogP contribution in [0.25, 0.3) is 5.57 Å². The average molecular weight is 466 g/mol. The Hall–Kier alpha value is -2.73. The first kappa shape index (κ1) is 25.9. The van der Waals surface area contributed by atoms with E-state index in [0.29, 0.717) is 19.6 Å². The van der Waals surface area contributed by atoms with Gasteiger partial charge in [-0.2, -0.15) is 0 Å². The van der Waals surface area contributed by atoms with Crippen LogP contribution in [0.3, 0.4) is 0 Å². The van der Waals surface area contributed by atoms with Crippen molar-refractivity contribution in [2.45, 2.75) is 78.7 Å². The van der Waals surface area contributed by atoms with E-state index < -0.39 is 11.0 Å². The summed E-state index contributed by atoms with van der Waals surface area (Å²) in [7, 11) is 0. The molecule has 6 nitrogen and oxygen atoms in total. The highest BCUT2D eigenvalue weighted by Crippen LogP contribution is 2.43. The van der Waals surface area contributed by atoms with Gasteiger partial charge in [-0.3, -0.25) is 15.2 Å². The average Bonchev–Trinajstić information content (AvgIpc) is 2.94. The minimum Gasteiger partial charge on any atom is -0.459 e. The van der Waals surface area contributed by atoms with Crippen molar-refractivity contribution in [1.82, 2.24) is 4.98 Å². The van der Waals surface area contributed by atoms with E-state index in [-0.39, 0.29) is 11.8 Å². The third kappa shape index (κ3) is 6.23. The van der Waals surface area contributed by atoms with Gasteiger partial charge in [-0.25, -0.2) is 0 Å². The van der Waals surface area contributed by atoms with Gasteiger partial charge in [0, 0.05) is 29.4 Å². The molecule has 0 amide bonds. The van der Waals surface area contributed by atoms with E-state index in [1.54, 1.807) is 0 Å². The summed E-state index contributed by atoms with van der Waals surface area (Å²) in [6.07, 6.45) is 13.1. The number of aromatic nitrogens is 1. The van der Waals surface area contributed by atoms with Crippen LogP contribution >= 0.6 is 0 Å². The van der Waals surface area contributed by atoms with Gasteiger partial charge in [-0.05, 0) is 70.6 Å². The Kier molecular flexibility index (Phi) is 8.13. The van der Waals surface area contributed by atoms with E-state index in [9.17, 15) is 4.79 Å². The molecule has 1 heterocycles. The van der Waals surface area contributed by atoms with E-state index in [1.165, 1.54) is 5.57 Å². The Balaban J connectivity index is 1.58. The van der Waals surface area contributed by atoms with Crippen molar-refractivity contribution in [2.24, 2.45) is 11.1 Å². The molecule has 1 aromatic heterocycles. The topological polar surface area (TPSA) is 98.3 Å². The molecule has 0 spiro atoms. The summed E-state index contributed by atoms with van der Waals surface area (Å²) in [5.74, 6) is -0.0220. The molecule has 0 radical (unpaired) electrons. The lowest BCUT2D eigenvalue weighted by molar-refractivity contribution is -0.178. The summed E-state index contributed by atoms with van der Waals surface area (Å²) in [4.78, 5) is 17.3. The second kappa shape index (κ2) is 10.7. The number of ether oxygens (including phenoxy) is 2. The second-order valence-corrected chi connectivity index (χ2v) is 10.4. The molecule has 0 aliphatic heterocycles. The van der Waals surface area contributed by atoms with Gasteiger partial charge >= 0.3 is 5.97 Å². The van der Waals surface area contributed by atoms with Gasteiger partial charge in [0.05, 0.1) is 18.6 Å². The molecular formula is C28H39N3O3. The number of carbonyl (C=O) groups excluding carboxylic acids is 1. The van der Waals surface area contributed by atoms with Crippen LogP contribution in [0.4, 0.5) is 0 Å². The Morgan fingerprint density at radius 2 is 2.00 bits per heavy atom. The molecule has 0 aromatic carbocycles. The first-order chi connectivity index (χ1) is 16.0. The summed E-state index contributed by atoms with van der Waals surface area (Å²) in [5, 5.41) is 7.85. The lowest BCUT2D eigenvalue weighted by Crippen LogP contribution is -2.46. The molecule has 1 saturated carbocycles. The minimum absolute atomic E-state index is 0.114. The van der Waals surface area contributed by atoms with Gasteiger partial charge in [-0.1, -0.05) is 37.1 Å². The number of aryl methyl sites for hydroxylation is 1. The third-order valence-electron chi connectivity index (χ3n) is 6.60. The van der Waals surface area contributed by atoms with Crippen LogP contribution in [-0.2, 0) is 20.7 Å². The zero-order valence-corrected chi connectivity index (χ0v) is 21.3. The van der Waals surface area contributed by atoms with E-state index in [1.807, 2.05) is 39.1 Å². The van der Waals surface area contributed by atoms with Gasteiger partial charge in [0.1, 0.15) is 11.4 Å². The van der Waals surface area contributed by atoms with Crippen molar-refractivity contribution in [1.29, 1.82) is 5.41 Å². The van der Waals surface area contributed by atoms with Crippen LogP contribution in [0, 0.1) is 17.7 Å². The van der Waals surface area contributed by atoms with Gasteiger partial charge in [0.2, 0.25) is 0 Å². The Morgan fingerprint density at radius 1 is 1.26 bits per heavy atom. The Bertz CT molecular complexity index is 1020. The van der Waals surface area contributed by atoms with Crippen LogP contribution in [0.2, 0.25) is 0 Å². The van der Waals surface area contributed by atoms with Crippen LogP contribution < -0.4 is 5.73 Å². The molecule has 6 heteroatoms. The van der Waals surface area contributed by atoms with Gasteiger partial charge in [-0.15, -0.1) is 0 Å². The van der Waals surface area contributed by atoms with Crippen molar-refractivity contribution in [2.75, 3.05) is 13.2 Å². The summed E-state index contributed by atoms with van der Waals surface area (Å²) in [6, 6.07) is 2.10. The number of hydrogen-bond donors (Lipinski definition) is 2. The molecule has 2 aliphatic carbocycles. The van der Waals surface area contributed by atoms with E-state index in [4.69, 9.17) is 20.6 Å². The van der Waals surface area contributed by atoms with Crippen molar-refractivity contribution in [3.8, 4) is 0 Å². The number of carbonyl (C=O) groups is 1. The van der Waals surface area contributed by atoms with Crippen LogP contribution in [0.1, 0.15) is 76.6 Å². The Labute approximate surface area is 203 Å². The molecule has 0 saturated heterocycles. The fraction of sp³-hybridized carbons (Fsp3) is 0.536. The highest BCUT2D eigenvalue weighted by atomic mass is 16.6. The summed E-state index contributed by atoms with van der Waals surface area (Å²) in [6.45, 7) is 10.8. The molecule has 184 valence electrons. The molecule has 3 rings (SSSR count). The van der Waals surface area contributed by atoms with E-state index in [2.05, 4.69) is 31.0 Å². The summed E-state index contributed by atoms with van der Waals surface area (Å²) < 4.78 is 11.6. The number of amidine groups is 1. The van der Waals surface area contributed by atoms with E-state index >= 15 is 0 Å². The zero-order chi connectivity index (χ0) is 24.9. The minimum atomic E-state index is -0.483. The van der Waals surface area contributed by atoms with Crippen LogP contribution in [0.15, 0.2) is 41.6 Å². The second-order valence-electron chi connectivity index (χ2n) is 10.4. The number of nitrogens with one attached hydrogen (secondary N) is 1. The number of pyridine rings is 1. The Morgan fingerprint density at radius 3 is 2.56 bits per heavy atom. The molecule has 34 heavy (non-hydrogen) atoms. The number of nitrogens with zero attached hydrogens (tertiary/aromatic N) is 1. The van der Waals surface area contributed by atoms with Crippen molar-refractivity contribution >= 4 is 17.4 Å². The maximum absolute atomic E-state index is 12.6. The normalized spacial score (nSPS) is 17.6. The molecular weight excluding hydrogens is 426 g/mol. The molecule has 3 N–H and O–H groups in total. The molecule has 0 unspecified atom stereocenters. The van der Waals surface area contributed by atoms with Gasteiger partial charge < -0.3 is 15.2 Å². The largest absolute Gasteiger partial charge is 0.459 e. The highest BCUT2D eigenvalue weighted by molar-refractivity contribution is 5.99. The van der Waals surface area contributed by atoms with Crippen molar-refractivity contribution < 1.29 is 14.3 Å². The van der Waals surface area contributed by atoms with Crippen LogP contribution in [0.5, 0.6) is 0 Å². The number of hydrogen-bond acceptors (Lipinski definition) is 5. The van der Waals surface area contributed by atoms with E-state index in [0.717, 1.165) is 60.1 Å². The highest BCUT2D eigenvalue weighted by Gasteiger charge is 2.47. The number of esters is 1. The summed E-state index contributed by atoms with van der Waals surface area (Å²) in [5.41, 5.74) is 11.1. The van der Waals surface area contributed by atoms with Crippen molar-refractivity contribution in [3.05, 3.63) is 58.5 Å². The van der Waals surface area contributed by atoms with Gasteiger partial charge in [0.25, 0.3) is 0 Å².